The smallest absolute Gasteiger partial charge is 0.150 e. The first-order valence-electron chi connectivity index (χ1n) is 5.92. The maximum absolute atomic E-state index is 10.6. The van der Waals surface area contributed by atoms with Gasteiger partial charge in [-0.1, -0.05) is 13.8 Å². The maximum atomic E-state index is 10.6. The molecule has 0 radical (unpaired) electrons. The molecule has 0 aliphatic carbocycles. The number of hydrogen-bond donors (Lipinski definition) is 0. The van der Waals surface area contributed by atoms with E-state index in [4.69, 9.17) is 0 Å². The molecule has 0 saturated heterocycles. The summed E-state index contributed by atoms with van der Waals surface area (Å²) in [5.74, 6) is 0. The van der Waals surface area contributed by atoms with E-state index >= 15 is 0 Å². The van der Waals surface area contributed by atoms with E-state index in [1.165, 1.54) is 5.69 Å². The molecule has 0 spiro atoms. The van der Waals surface area contributed by atoms with Crippen molar-refractivity contribution in [1.82, 2.24) is 9.78 Å². The number of nitrogens with zero attached hydrogens (tertiary/aromatic N) is 2. The topological polar surface area (TPSA) is 34.9 Å². The van der Waals surface area contributed by atoms with Gasteiger partial charge in [-0.25, -0.2) is 4.68 Å². The molecule has 1 heterocycles. The van der Waals surface area contributed by atoms with Crippen LogP contribution >= 0.6 is 0 Å². The molecule has 2 aromatic rings. The second-order valence-electron chi connectivity index (χ2n) is 3.96. The monoisotopic (exact) mass is 228 g/mol. The normalized spacial score (nSPS) is 10.5. The molecule has 0 aliphatic rings. The van der Waals surface area contributed by atoms with Crippen molar-refractivity contribution < 1.29 is 4.79 Å². The van der Waals surface area contributed by atoms with E-state index in [1.807, 2.05) is 28.9 Å². The molecular formula is C14H16N2O. The van der Waals surface area contributed by atoms with Crippen molar-refractivity contribution in [3.05, 3.63) is 47.3 Å². The minimum absolute atomic E-state index is 0.690. The highest BCUT2D eigenvalue weighted by Crippen LogP contribution is 2.14. The number of rotatable bonds is 4. The Hall–Kier alpha value is -1.90. The lowest BCUT2D eigenvalue weighted by molar-refractivity contribution is 0.112. The van der Waals surface area contributed by atoms with Crippen LogP contribution in [0.3, 0.4) is 0 Å². The van der Waals surface area contributed by atoms with Crippen molar-refractivity contribution in [2.45, 2.75) is 26.7 Å². The molecule has 0 unspecified atom stereocenters. The number of aryl methyl sites for hydroxylation is 2. The number of aromatic nitrogens is 2. The van der Waals surface area contributed by atoms with Crippen LogP contribution in [0.2, 0.25) is 0 Å². The first-order chi connectivity index (χ1) is 8.28. The highest BCUT2D eigenvalue weighted by atomic mass is 16.1. The third-order valence-corrected chi connectivity index (χ3v) is 2.83. The van der Waals surface area contributed by atoms with Gasteiger partial charge in [-0.05, 0) is 43.2 Å². The quantitative estimate of drug-likeness (QED) is 0.754. The molecule has 0 amide bonds. The van der Waals surface area contributed by atoms with Crippen LogP contribution in [-0.2, 0) is 12.8 Å². The second-order valence-corrected chi connectivity index (χ2v) is 3.96. The fourth-order valence-corrected chi connectivity index (χ4v) is 1.82. The molecule has 0 atom stereocenters. The zero-order valence-corrected chi connectivity index (χ0v) is 10.2. The summed E-state index contributed by atoms with van der Waals surface area (Å²) in [5.41, 5.74) is 3.99. The van der Waals surface area contributed by atoms with Gasteiger partial charge < -0.3 is 0 Å². The van der Waals surface area contributed by atoms with E-state index in [0.29, 0.717) is 5.56 Å². The van der Waals surface area contributed by atoms with E-state index in [0.717, 1.165) is 30.5 Å². The highest BCUT2D eigenvalue weighted by Gasteiger charge is 2.06. The minimum Gasteiger partial charge on any atom is -0.298 e. The Morgan fingerprint density at radius 1 is 1.18 bits per heavy atom. The summed E-state index contributed by atoms with van der Waals surface area (Å²) in [6, 6.07) is 9.61. The largest absolute Gasteiger partial charge is 0.298 e. The van der Waals surface area contributed by atoms with Crippen LogP contribution in [0.25, 0.3) is 5.69 Å². The predicted molar refractivity (Wildman–Crippen MR) is 67.7 cm³/mol. The molecule has 3 nitrogen and oxygen atoms in total. The summed E-state index contributed by atoms with van der Waals surface area (Å²) < 4.78 is 1.95. The molecule has 0 bridgehead atoms. The number of carbonyl (C=O) groups is 1. The molecule has 0 saturated carbocycles. The van der Waals surface area contributed by atoms with Gasteiger partial charge >= 0.3 is 0 Å². The summed E-state index contributed by atoms with van der Waals surface area (Å²) in [6.07, 6.45) is 2.74. The van der Waals surface area contributed by atoms with Crippen LogP contribution in [0.15, 0.2) is 30.3 Å². The van der Waals surface area contributed by atoms with Gasteiger partial charge in [0.15, 0.2) is 0 Å². The Morgan fingerprint density at radius 3 is 2.41 bits per heavy atom. The summed E-state index contributed by atoms with van der Waals surface area (Å²) in [7, 11) is 0. The van der Waals surface area contributed by atoms with Crippen LogP contribution in [0, 0.1) is 0 Å². The number of carbonyl (C=O) groups excluding carboxylic acids is 1. The lowest BCUT2D eigenvalue weighted by atomic mass is 10.2. The molecule has 0 fully saturated rings. The van der Waals surface area contributed by atoms with Crippen molar-refractivity contribution in [2.75, 3.05) is 0 Å². The van der Waals surface area contributed by atoms with E-state index in [-0.39, 0.29) is 0 Å². The molecular weight excluding hydrogens is 212 g/mol. The Labute approximate surface area is 101 Å². The fraction of sp³-hybridized carbons (Fsp3) is 0.286. The molecule has 2 rings (SSSR count). The lowest BCUT2D eigenvalue weighted by Crippen LogP contribution is -2.01. The number of hydrogen-bond acceptors (Lipinski definition) is 2. The number of benzene rings is 1. The zero-order chi connectivity index (χ0) is 12.3. The van der Waals surface area contributed by atoms with Gasteiger partial charge in [0.25, 0.3) is 0 Å². The van der Waals surface area contributed by atoms with Crippen molar-refractivity contribution in [1.29, 1.82) is 0 Å². The van der Waals surface area contributed by atoms with Crippen LogP contribution in [-0.4, -0.2) is 16.1 Å². The van der Waals surface area contributed by atoms with E-state index < -0.39 is 0 Å². The van der Waals surface area contributed by atoms with Crippen LogP contribution in [0.1, 0.15) is 35.6 Å². The molecule has 1 aromatic heterocycles. The summed E-state index contributed by atoms with van der Waals surface area (Å²) in [4.78, 5) is 10.6. The maximum Gasteiger partial charge on any atom is 0.150 e. The SMILES string of the molecule is CCc1cc(CC)n(-c2ccc(C=O)cc2)n1. The zero-order valence-electron chi connectivity index (χ0n) is 10.2. The van der Waals surface area contributed by atoms with Crippen LogP contribution in [0.4, 0.5) is 0 Å². The summed E-state index contributed by atoms with van der Waals surface area (Å²) in [6.45, 7) is 4.22. The Bertz CT molecular complexity index is 512. The van der Waals surface area contributed by atoms with Crippen molar-refractivity contribution in [3.8, 4) is 5.69 Å². The molecule has 0 N–H and O–H groups in total. The van der Waals surface area contributed by atoms with E-state index in [9.17, 15) is 4.79 Å². The van der Waals surface area contributed by atoms with Crippen LogP contribution < -0.4 is 0 Å². The van der Waals surface area contributed by atoms with Gasteiger partial charge in [0.2, 0.25) is 0 Å². The van der Waals surface area contributed by atoms with Crippen molar-refractivity contribution in [3.63, 3.8) is 0 Å². The molecule has 17 heavy (non-hydrogen) atoms. The molecule has 88 valence electrons. The lowest BCUT2D eigenvalue weighted by Gasteiger charge is -2.05. The van der Waals surface area contributed by atoms with E-state index in [2.05, 4.69) is 25.0 Å². The second kappa shape index (κ2) is 4.95. The summed E-state index contributed by atoms with van der Waals surface area (Å²) in [5, 5.41) is 4.55. The Morgan fingerprint density at radius 2 is 1.88 bits per heavy atom. The first kappa shape index (κ1) is 11.6. The van der Waals surface area contributed by atoms with E-state index in [1.54, 1.807) is 0 Å². The average Bonchev–Trinajstić information content (AvgIpc) is 2.82. The van der Waals surface area contributed by atoms with Gasteiger partial charge in [-0.15, -0.1) is 0 Å². The summed E-state index contributed by atoms with van der Waals surface area (Å²) >= 11 is 0. The van der Waals surface area contributed by atoms with Gasteiger partial charge in [0.1, 0.15) is 6.29 Å². The first-order valence-corrected chi connectivity index (χ1v) is 5.92. The average molecular weight is 228 g/mol. The van der Waals surface area contributed by atoms with Gasteiger partial charge in [0.05, 0.1) is 11.4 Å². The van der Waals surface area contributed by atoms with Gasteiger partial charge in [0, 0.05) is 11.3 Å². The molecule has 3 heteroatoms. The Balaban J connectivity index is 2.43. The standard InChI is InChI=1S/C14H16N2O/c1-3-12-9-13(4-2)16(15-12)14-7-5-11(10-17)6-8-14/h5-10H,3-4H2,1-2H3. The Kier molecular flexibility index (Phi) is 3.38. The van der Waals surface area contributed by atoms with Crippen LogP contribution in [0.5, 0.6) is 0 Å². The van der Waals surface area contributed by atoms with Crippen molar-refractivity contribution >= 4 is 6.29 Å². The van der Waals surface area contributed by atoms with Gasteiger partial charge in [-0.3, -0.25) is 4.79 Å². The third kappa shape index (κ3) is 2.28. The highest BCUT2D eigenvalue weighted by molar-refractivity contribution is 5.75. The minimum atomic E-state index is 0.690. The van der Waals surface area contributed by atoms with Gasteiger partial charge in [-0.2, -0.15) is 5.10 Å². The third-order valence-electron chi connectivity index (χ3n) is 2.83. The molecule has 0 aliphatic heterocycles. The predicted octanol–water partition coefficient (Wildman–Crippen LogP) is 2.81. The van der Waals surface area contributed by atoms with Crippen molar-refractivity contribution in [2.24, 2.45) is 0 Å². The molecule has 1 aromatic carbocycles. The fourth-order valence-electron chi connectivity index (χ4n) is 1.82. The number of aldehydes is 1.